The molecule has 2 heterocycles. The molecule has 2 aromatic heterocycles. The highest BCUT2D eigenvalue weighted by molar-refractivity contribution is 5.23. The Hall–Kier alpha value is -1.78. The molecule has 1 N–H and O–H groups in total. The lowest BCUT2D eigenvalue weighted by Crippen LogP contribution is -1.99. The van der Waals surface area contributed by atoms with E-state index in [0.717, 1.165) is 11.3 Å². The molecule has 2 rings (SSSR count). The first-order valence-electron chi connectivity index (χ1n) is 5.27. The first-order chi connectivity index (χ1) is 7.66. The predicted octanol–water partition coefficient (Wildman–Crippen LogP) is 2.71. The number of aromatic nitrogens is 2. The second-order valence-electron chi connectivity index (χ2n) is 3.98. The summed E-state index contributed by atoms with van der Waals surface area (Å²) in [5.41, 5.74) is 1.11. The zero-order chi connectivity index (χ0) is 11.5. The maximum Gasteiger partial charge on any atom is 0.315 e. The molecule has 0 aliphatic rings. The van der Waals surface area contributed by atoms with Gasteiger partial charge in [-0.3, -0.25) is 0 Å². The average molecular weight is 221 g/mol. The molecule has 0 unspecified atom stereocenters. The molecule has 0 spiro atoms. The van der Waals surface area contributed by atoms with Crippen molar-refractivity contribution in [3.8, 4) is 0 Å². The van der Waals surface area contributed by atoms with Gasteiger partial charge in [0.05, 0.1) is 12.8 Å². The molecule has 16 heavy (non-hydrogen) atoms. The van der Waals surface area contributed by atoms with Crippen LogP contribution >= 0.6 is 0 Å². The van der Waals surface area contributed by atoms with Crippen LogP contribution in [0.5, 0.6) is 0 Å². The summed E-state index contributed by atoms with van der Waals surface area (Å²) in [5, 5.41) is 10.9. The monoisotopic (exact) mass is 221 g/mol. The van der Waals surface area contributed by atoms with Gasteiger partial charge >= 0.3 is 6.01 Å². The summed E-state index contributed by atoms with van der Waals surface area (Å²) in [6, 6.07) is 2.35. The number of nitrogens with zero attached hydrogens (tertiary/aromatic N) is 2. The van der Waals surface area contributed by atoms with E-state index in [0.29, 0.717) is 18.5 Å². The summed E-state index contributed by atoms with van der Waals surface area (Å²) in [5.74, 6) is 1.76. The van der Waals surface area contributed by atoms with Crippen molar-refractivity contribution in [1.82, 2.24) is 10.2 Å². The second kappa shape index (κ2) is 4.38. The Morgan fingerprint density at radius 1 is 1.38 bits per heavy atom. The maximum absolute atomic E-state index is 5.41. The van der Waals surface area contributed by atoms with Gasteiger partial charge in [0.2, 0.25) is 5.89 Å². The Labute approximate surface area is 93.9 Å². The molecule has 0 fully saturated rings. The Bertz CT molecular complexity index is 459. The maximum atomic E-state index is 5.41. The summed E-state index contributed by atoms with van der Waals surface area (Å²) in [6.07, 6.45) is 1.67. The van der Waals surface area contributed by atoms with Gasteiger partial charge in [0.1, 0.15) is 5.76 Å². The van der Waals surface area contributed by atoms with Gasteiger partial charge in [0, 0.05) is 5.92 Å². The molecule has 86 valence electrons. The number of anilines is 1. The molecular weight excluding hydrogens is 206 g/mol. The third-order valence-corrected chi connectivity index (χ3v) is 2.30. The van der Waals surface area contributed by atoms with Crippen LogP contribution in [0.25, 0.3) is 0 Å². The third-order valence-electron chi connectivity index (χ3n) is 2.30. The highest BCUT2D eigenvalue weighted by Gasteiger charge is 2.10. The van der Waals surface area contributed by atoms with E-state index in [1.165, 1.54) is 0 Å². The molecule has 2 aromatic rings. The van der Waals surface area contributed by atoms with E-state index in [1.807, 2.05) is 26.8 Å². The van der Waals surface area contributed by atoms with E-state index in [-0.39, 0.29) is 5.92 Å². The Morgan fingerprint density at radius 3 is 2.75 bits per heavy atom. The lowest BCUT2D eigenvalue weighted by molar-refractivity contribution is 0.473. The Kier molecular flexibility index (Phi) is 2.94. The van der Waals surface area contributed by atoms with Crippen LogP contribution in [-0.4, -0.2) is 10.2 Å². The molecule has 0 amide bonds. The fraction of sp³-hybridized carbons (Fsp3) is 0.455. The smallest absolute Gasteiger partial charge is 0.315 e. The Morgan fingerprint density at radius 2 is 2.19 bits per heavy atom. The highest BCUT2D eigenvalue weighted by Crippen LogP contribution is 2.16. The molecule has 0 saturated heterocycles. The fourth-order valence-corrected chi connectivity index (χ4v) is 1.28. The van der Waals surface area contributed by atoms with Gasteiger partial charge in [-0.05, 0) is 18.6 Å². The SMILES string of the molecule is Cc1ccoc1CNc1nnc(C(C)C)o1. The topological polar surface area (TPSA) is 64.1 Å². The largest absolute Gasteiger partial charge is 0.467 e. The van der Waals surface area contributed by atoms with Gasteiger partial charge in [-0.2, -0.15) is 0 Å². The quantitative estimate of drug-likeness (QED) is 0.859. The van der Waals surface area contributed by atoms with Crippen LogP contribution in [-0.2, 0) is 6.54 Å². The predicted molar refractivity (Wildman–Crippen MR) is 59.2 cm³/mol. The minimum absolute atomic E-state index is 0.244. The number of hydrogen-bond donors (Lipinski definition) is 1. The Balaban J connectivity index is 1.97. The lowest BCUT2D eigenvalue weighted by atomic mass is 10.2. The van der Waals surface area contributed by atoms with Crippen LogP contribution in [0.3, 0.4) is 0 Å². The normalized spacial score (nSPS) is 11.0. The highest BCUT2D eigenvalue weighted by atomic mass is 16.4. The van der Waals surface area contributed by atoms with Crippen LogP contribution in [0.4, 0.5) is 6.01 Å². The van der Waals surface area contributed by atoms with E-state index >= 15 is 0 Å². The molecule has 5 heteroatoms. The minimum Gasteiger partial charge on any atom is -0.467 e. The molecule has 0 saturated carbocycles. The number of rotatable bonds is 4. The molecule has 0 aliphatic carbocycles. The van der Waals surface area contributed by atoms with Crippen molar-refractivity contribution in [2.75, 3.05) is 5.32 Å². The van der Waals surface area contributed by atoms with Crippen molar-refractivity contribution in [2.45, 2.75) is 33.2 Å². The van der Waals surface area contributed by atoms with Crippen molar-refractivity contribution in [2.24, 2.45) is 0 Å². The fourth-order valence-electron chi connectivity index (χ4n) is 1.28. The van der Waals surface area contributed by atoms with E-state index in [9.17, 15) is 0 Å². The van der Waals surface area contributed by atoms with Crippen molar-refractivity contribution in [3.05, 3.63) is 29.5 Å². The van der Waals surface area contributed by atoms with Gasteiger partial charge in [0.15, 0.2) is 0 Å². The van der Waals surface area contributed by atoms with Crippen LogP contribution in [0, 0.1) is 6.92 Å². The van der Waals surface area contributed by atoms with Crippen LogP contribution in [0.2, 0.25) is 0 Å². The molecule has 0 bridgehead atoms. The van der Waals surface area contributed by atoms with Crippen molar-refractivity contribution in [3.63, 3.8) is 0 Å². The van der Waals surface area contributed by atoms with E-state index in [4.69, 9.17) is 8.83 Å². The van der Waals surface area contributed by atoms with Gasteiger partial charge in [-0.1, -0.05) is 18.9 Å². The molecule has 0 radical (unpaired) electrons. The van der Waals surface area contributed by atoms with Crippen LogP contribution in [0.15, 0.2) is 21.2 Å². The molecule has 0 aliphatic heterocycles. The van der Waals surface area contributed by atoms with E-state index in [1.54, 1.807) is 6.26 Å². The first kappa shape index (κ1) is 10.7. The van der Waals surface area contributed by atoms with Gasteiger partial charge in [0.25, 0.3) is 0 Å². The third kappa shape index (κ3) is 2.24. The van der Waals surface area contributed by atoms with E-state index in [2.05, 4.69) is 15.5 Å². The zero-order valence-electron chi connectivity index (χ0n) is 9.65. The molecule has 5 nitrogen and oxygen atoms in total. The molecule has 0 atom stereocenters. The zero-order valence-corrected chi connectivity index (χ0v) is 9.65. The first-order valence-corrected chi connectivity index (χ1v) is 5.27. The van der Waals surface area contributed by atoms with E-state index < -0.39 is 0 Å². The van der Waals surface area contributed by atoms with Crippen LogP contribution in [0.1, 0.15) is 37.0 Å². The second-order valence-corrected chi connectivity index (χ2v) is 3.98. The van der Waals surface area contributed by atoms with Crippen molar-refractivity contribution in [1.29, 1.82) is 0 Å². The van der Waals surface area contributed by atoms with Gasteiger partial charge in [-0.25, -0.2) is 0 Å². The summed E-state index contributed by atoms with van der Waals surface area (Å²) in [7, 11) is 0. The lowest BCUT2D eigenvalue weighted by Gasteiger charge is -1.99. The number of aryl methyl sites for hydroxylation is 1. The summed E-state index contributed by atoms with van der Waals surface area (Å²) in [4.78, 5) is 0. The summed E-state index contributed by atoms with van der Waals surface area (Å²) in [6.45, 7) is 6.56. The number of hydrogen-bond acceptors (Lipinski definition) is 5. The minimum atomic E-state index is 0.244. The number of nitrogens with one attached hydrogen (secondary N) is 1. The van der Waals surface area contributed by atoms with Crippen molar-refractivity contribution >= 4 is 6.01 Å². The number of furan rings is 1. The summed E-state index contributed by atoms with van der Waals surface area (Å²) >= 11 is 0. The van der Waals surface area contributed by atoms with Crippen LogP contribution < -0.4 is 5.32 Å². The molecule has 0 aromatic carbocycles. The summed E-state index contributed by atoms with van der Waals surface area (Å²) < 4.78 is 10.7. The molecular formula is C11H15N3O2. The average Bonchev–Trinajstić information content (AvgIpc) is 2.83. The standard InChI is InChI=1S/C11H15N3O2/c1-7(2)10-13-14-11(16-10)12-6-9-8(3)4-5-15-9/h4-5,7H,6H2,1-3H3,(H,12,14). The van der Waals surface area contributed by atoms with Gasteiger partial charge < -0.3 is 14.2 Å². The van der Waals surface area contributed by atoms with Crippen molar-refractivity contribution < 1.29 is 8.83 Å². The van der Waals surface area contributed by atoms with Gasteiger partial charge in [-0.15, -0.1) is 5.10 Å².